The van der Waals surface area contributed by atoms with Crippen LogP contribution in [0.2, 0.25) is 0 Å². The first kappa shape index (κ1) is 14.5. The van der Waals surface area contributed by atoms with E-state index in [-0.39, 0.29) is 11.9 Å². The Kier molecular flexibility index (Phi) is 4.74. The summed E-state index contributed by atoms with van der Waals surface area (Å²) in [5.41, 5.74) is 2.84. The Labute approximate surface area is 119 Å². The average molecular weight is 273 g/mol. The first-order valence-corrected chi connectivity index (χ1v) is 6.79. The molecule has 0 bridgehead atoms. The summed E-state index contributed by atoms with van der Waals surface area (Å²) < 4.78 is 19.1. The second-order valence-electron chi connectivity index (χ2n) is 4.79. The molecule has 1 N–H and O–H groups in total. The van der Waals surface area contributed by atoms with Gasteiger partial charge in [0, 0.05) is 5.56 Å². The van der Waals surface area contributed by atoms with Crippen molar-refractivity contribution in [1.82, 2.24) is 5.32 Å². The molecule has 0 aliphatic heterocycles. The Bertz CT molecular complexity index is 563. The van der Waals surface area contributed by atoms with Crippen LogP contribution in [-0.4, -0.2) is 13.7 Å². The van der Waals surface area contributed by atoms with Crippen LogP contribution in [0.4, 0.5) is 4.39 Å². The van der Waals surface area contributed by atoms with Crippen LogP contribution in [0.25, 0.3) is 0 Å². The van der Waals surface area contributed by atoms with Crippen LogP contribution in [0.5, 0.6) is 5.75 Å². The van der Waals surface area contributed by atoms with Gasteiger partial charge in [0.1, 0.15) is 11.6 Å². The number of methoxy groups -OCH3 is 1. The molecule has 106 valence electrons. The maximum absolute atomic E-state index is 13.7. The highest BCUT2D eigenvalue weighted by molar-refractivity contribution is 5.42. The fourth-order valence-electron chi connectivity index (χ4n) is 2.45. The molecule has 0 spiro atoms. The van der Waals surface area contributed by atoms with E-state index in [9.17, 15) is 4.39 Å². The van der Waals surface area contributed by atoms with Gasteiger partial charge in [-0.3, -0.25) is 0 Å². The standard InChI is InChI=1S/C17H20FNO/c1-4-19-17(13-9-12(2)10-14(18)11-13)15-7-5-6-8-16(15)20-3/h5-11,17,19H,4H2,1-3H3. The van der Waals surface area contributed by atoms with Crippen LogP contribution in [0.1, 0.15) is 29.7 Å². The second-order valence-corrected chi connectivity index (χ2v) is 4.79. The summed E-state index contributed by atoms with van der Waals surface area (Å²) in [6, 6.07) is 12.9. The number of rotatable bonds is 5. The SMILES string of the molecule is CCNC(c1cc(C)cc(F)c1)c1ccccc1OC. The van der Waals surface area contributed by atoms with Crippen molar-refractivity contribution >= 4 is 0 Å². The minimum Gasteiger partial charge on any atom is -0.496 e. The molecule has 2 rings (SSSR count). The lowest BCUT2D eigenvalue weighted by Gasteiger charge is -2.21. The number of halogens is 1. The smallest absolute Gasteiger partial charge is 0.123 e. The molecule has 0 radical (unpaired) electrons. The largest absolute Gasteiger partial charge is 0.496 e. The molecule has 0 heterocycles. The van der Waals surface area contributed by atoms with Gasteiger partial charge in [0.05, 0.1) is 13.2 Å². The first-order valence-electron chi connectivity index (χ1n) is 6.79. The molecule has 2 nitrogen and oxygen atoms in total. The van der Waals surface area contributed by atoms with E-state index in [1.807, 2.05) is 44.2 Å². The molecule has 0 saturated heterocycles. The van der Waals surface area contributed by atoms with Crippen LogP contribution in [0.15, 0.2) is 42.5 Å². The molecule has 2 aromatic rings. The summed E-state index contributed by atoms with van der Waals surface area (Å²) in [6.07, 6.45) is 0. The summed E-state index contributed by atoms with van der Waals surface area (Å²) in [6.45, 7) is 4.73. The summed E-state index contributed by atoms with van der Waals surface area (Å²) in [5, 5.41) is 3.40. The van der Waals surface area contributed by atoms with Crippen LogP contribution < -0.4 is 10.1 Å². The maximum Gasteiger partial charge on any atom is 0.123 e. The minimum absolute atomic E-state index is 0.0782. The quantitative estimate of drug-likeness (QED) is 0.893. The number of hydrogen-bond donors (Lipinski definition) is 1. The van der Waals surface area contributed by atoms with Crippen molar-refractivity contribution < 1.29 is 9.13 Å². The molecule has 0 aromatic heterocycles. The van der Waals surface area contributed by atoms with Crippen LogP contribution in [0.3, 0.4) is 0 Å². The Hall–Kier alpha value is -1.87. The third-order valence-electron chi connectivity index (χ3n) is 3.26. The lowest BCUT2D eigenvalue weighted by atomic mass is 9.96. The summed E-state index contributed by atoms with van der Waals surface area (Å²) in [7, 11) is 1.65. The number of nitrogens with one attached hydrogen (secondary N) is 1. The highest BCUT2D eigenvalue weighted by Crippen LogP contribution is 2.30. The molecule has 1 unspecified atom stereocenters. The topological polar surface area (TPSA) is 21.3 Å². The molecule has 1 atom stereocenters. The van der Waals surface area contributed by atoms with Crippen molar-refractivity contribution in [3.05, 3.63) is 65.0 Å². The molecule has 0 aliphatic rings. The Morgan fingerprint density at radius 1 is 1.20 bits per heavy atom. The van der Waals surface area contributed by atoms with Crippen molar-refractivity contribution in [2.24, 2.45) is 0 Å². The van der Waals surface area contributed by atoms with Gasteiger partial charge in [-0.2, -0.15) is 0 Å². The fourth-order valence-corrected chi connectivity index (χ4v) is 2.45. The molecule has 0 amide bonds. The van der Waals surface area contributed by atoms with E-state index in [2.05, 4.69) is 5.32 Å². The average Bonchev–Trinajstić information content (AvgIpc) is 2.43. The maximum atomic E-state index is 13.7. The van der Waals surface area contributed by atoms with Crippen molar-refractivity contribution in [3.8, 4) is 5.75 Å². The predicted octanol–water partition coefficient (Wildman–Crippen LogP) is 3.84. The van der Waals surface area contributed by atoms with Crippen LogP contribution in [-0.2, 0) is 0 Å². The Morgan fingerprint density at radius 2 is 1.95 bits per heavy atom. The number of para-hydroxylation sites is 1. The van der Waals surface area contributed by atoms with E-state index in [0.717, 1.165) is 29.0 Å². The van der Waals surface area contributed by atoms with Gasteiger partial charge in [0.25, 0.3) is 0 Å². The summed E-state index contributed by atoms with van der Waals surface area (Å²) in [4.78, 5) is 0. The number of ether oxygens (including phenoxy) is 1. The van der Waals surface area contributed by atoms with Crippen molar-refractivity contribution in [2.75, 3.05) is 13.7 Å². The van der Waals surface area contributed by atoms with Gasteiger partial charge in [0.2, 0.25) is 0 Å². The lowest BCUT2D eigenvalue weighted by Crippen LogP contribution is -2.22. The summed E-state index contributed by atoms with van der Waals surface area (Å²) in [5.74, 6) is 0.596. The number of benzene rings is 2. The predicted molar refractivity (Wildman–Crippen MR) is 79.7 cm³/mol. The minimum atomic E-state index is -0.210. The van der Waals surface area contributed by atoms with Gasteiger partial charge in [-0.15, -0.1) is 0 Å². The Balaban J connectivity index is 2.50. The van der Waals surface area contributed by atoms with Gasteiger partial charge in [-0.1, -0.05) is 31.2 Å². The molecule has 2 aromatic carbocycles. The van der Waals surface area contributed by atoms with Gasteiger partial charge in [-0.05, 0) is 42.8 Å². The van der Waals surface area contributed by atoms with Gasteiger partial charge >= 0.3 is 0 Å². The molecule has 20 heavy (non-hydrogen) atoms. The third-order valence-corrected chi connectivity index (χ3v) is 3.26. The van der Waals surface area contributed by atoms with Gasteiger partial charge < -0.3 is 10.1 Å². The van der Waals surface area contributed by atoms with Gasteiger partial charge in [0.15, 0.2) is 0 Å². The molecular formula is C17H20FNO. The van der Waals surface area contributed by atoms with E-state index in [4.69, 9.17) is 4.74 Å². The Morgan fingerprint density at radius 3 is 2.60 bits per heavy atom. The van der Waals surface area contributed by atoms with Crippen molar-refractivity contribution in [1.29, 1.82) is 0 Å². The number of aryl methyl sites for hydroxylation is 1. The molecule has 3 heteroatoms. The second kappa shape index (κ2) is 6.53. The molecule has 0 aliphatic carbocycles. The molecule has 0 fully saturated rings. The van der Waals surface area contributed by atoms with Crippen molar-refractivity contribution in [2.45, 2.75) is 19.9 Å². The zero-order valence-electron chi connectivity index (χ0n) is 12.1. The van der Waals surface area contributed by atoms with Gasteiger partial charge in [-0.25, -0.2) is 4.39 Å². The highest BCUT2D eigenvalue weighted by Gasteiger charge is 2.17. The zero-order valence-corrected chi connectivity index (χ0v) is 12.1. The van der Waals surface area contributed by atoms with E-state index < -0.39 is 0 Å². The lowest BCUT2D eigenvalue weighted by molar-refractivity contribution is 0.404. The van der Waals surface area contributed by atoms with E-state index in [0.29, 0.717) is 0 Å². The monoisotopic (exact) mass is 273 g/mol. The van der Waals surface area contributed by atoms with E-state index in [1.54, 1.807) is 13.2 Å². The summed E-state index contributed by atoms with van der Waals surface area (Å²) >= 11 is 0. The third kappa shape index (κ3) is 3.17. The van der Waals surface area contributed by atoms with E-state index in [1.165, 1.54) is 6.07 Å². The van der Waals surface area contributed by atoms with E-state index >= 15 is 0 Å². The zero-order chi connectivity index (χ0) is 14.5. The van der Waals surface area contributed by atoms with Crippen molar-refractivity contribution in [3.63, 3.8) is 0 Å². The normalized spacial score (nSPS) is 12.2. The van der Waals surface area contributed by atoms with Crippen LogP contribution in [0, 0.1) is 12.7 Å². The first-order chi connectivity index (χ1) is 9.65. The fraction of sp³-hybridized carbons (Fsp3) is 0.294. The highest BCUT2D eigenvalue weighted by atomic mass is 19.1. The van der Waals surface area contributed by atoms with Crippen LogP contribution >= 0.6 is 0 Å². The molecular weight excluding hydrogens is 253 g/mol. The number of hydrogen-bond acceptors (Lipinski definition) is 2. The molecule has 0 saturated carbocycles.